The number of piperazine rings is 1. The maximum absolute atomic E-state index is 14.0. The summed E-state index contributed by atoms with van der Waals surface area (Å²) in [7, 11) is 0. The summed E-state index contributed by atoms with van der Waals surface area (Å²) in [6, 6.07) is 6.99. The van der Waals surface area contributed by atoms with E-state index in [1.54, 1.807) is 17.4 Å². The van der Waals surface area contributed by atoms with E-state index < -0.39 is 0 Å². The predicted molar refractivity (Wildman–Crippen MR) is 107 cm³/mol. The van der Waals surface area contributed by atoms with Crippen molar-refractivity contribution in [3.8, 4) is 0 Å². The first kappa shape index (κ1) is 18.6. The second kappa shape index (κ2) is 8.98. The number of benzene rings is 1. The Balaban J connectivity index is 1.57. The van der Waals surface area contributed by atoms with Crippen molar-refractivity contribution in [1.82, 2.24) is 15.2 Å². The summed E-state index contributed by atoms with van der Waals surface area (Å²) in [5.41, 5.74) is 1.80. The van der Waals surface area contributed by atoms with Crippen LogP contribution in [0.4, 0.5) is 10.1 Å². The Morgan fingerprint density at radius 3 is 2.69 bits per heavy atom. The lowest BCUT2D eigenvalue weighted by molar-refractivity contribution is 0.371. The van der Waals surface area contributed by atoms with Crippen LogP contribution in [0.25, 0.3) is 0 Å². The minimum Gasteiger partial charge on any atom is -0.366 e. The third kappa shape index (κ3) is 4.72. The van der Waals surface area contributed by atoms with Gasteiger partial charge in [0.25, 0.3) is 0 Å². The molecule has 0 spiro atoms. The number of aliphatic imine (C=N–C) groups is 1. The van der Waals surface area contributed by atoms with Crippen molar-refractivity contribution < 1.29 is 4.39 Å². The molecular formula is C19H26FN5S. The first-order chi connectivity index (χ1) is 12.7. The number of para-hydroxylation sites is 1. The molecule has 1 aromatic heterocycles. The molecule has 0 bridgehead atoms. The van der Waals surface area contributed by atoms with Gasteiger partial charge in [-0.05, 0) is 26.0 Å². The quantitative estimate of drug-likeness (QED) is 0.645. The average molecular weight is 376 g/mol. The number of aryl methyl sites for hydroxylation is 1. The zero-order valence-electron chi connectivity index (χ0n) is 15.4. The van der Waals surface area contributed by atoms with Crippen molar-refractivity contribution in [3.63, 3.8) is 0 Å². The number of thiazole rings is 1. The van der Waals surface area contributed by atoms with E-state index in [1.807, 2.05) is 19.1 Å². The number of halogens is 1. The summed E-state index contributed by atoms with van der Waals surface area (Å²) >= 11 is 1.68. The lowest BCUT2D eigenvalue weighted by Crippen LogP contribution is -2.52. The van der Waals surface area contributed by atoms with E-state index in [1.165, 1.54) is 6.07 Å². The summed E-state index contributed by atoms with van der Waals surface area (Å²) in [6.45, 7) is 8.89. The minimum absolute atomic E-state index is 0.153. The molecule has 0 atom stereocenters. The molecule has 7 heteroatoms. The molecule has 0 amide bonds. The molecule has 5 nitrogen and oxygen atoms in total. The number of guanidine groups is 1. The van der Waals surface area contributed by atoms with Crippen LogP contribution in [-0.4, -0.2) is 55.1 Å². The van der Waals surface area contributed by atoms with E-state index in [4.69, 9.17) is 4.99 Å². The third-order valence-corrected chi connectivity index (χ3v) is 5.23. The molecule has 1 N–H and O–H groups in total. The molecule has 1 fully saturated rings. The van der Waals surface area contributed by atoms with Crippen LogP contribution in [0.3, 0.4) is 0 Å². The first-order valence-corrected chi connectivity index (χ1v) is 9.99. The highest BCUT2D eigenvalue weighted by Crippen LogP contribution is 2.20. The molecule has 0 radical (unpaired) electrons. The van der Waals surface area contributed by atoms with Gasteiger partial charge in [-0.1, -0.05) is 12.1 Å². The van der Waals surface area contributed by atoms with Gasteiger partial charge in [-0.25, -0.2) is 9.37 Å². The summed E-state index contributed by atoms with van der Waals surface area (Å²) in [5, 5.41) is 6.57. The number of hydrogen-bond acceptors (Lipinski definition) is 4. The molecule has 1 aliphatic heterocycles. The fraction of sp³-hybridized carbons (Fsp3) is 0.474. The van der Waals surface area contributed by atoms with E-state index in [-0.39, 0.29) is 5.82 Å². The van der Waals surface area contributed by atoms with Crippen LogP contribution < -0.4 is 10.2 Å². The Hall–Kier alpha value is -2.15. The van der Waals surface area contributed by atoms with E-state index >= 15 is 0 Å². The van der Waals surface area contributed by atoms with Crippen molar-refractivity contribution in [2.24, 2.45) is 4.99 Å². The maximum Gasteiger partial charge on any atom is 0.194 e. The molecule has 140 valence electrons. The largest absolute Gasteiger partial charge is 0.366 e. The van der Waals surface area contributed by atoms with Crippen molar-refractivity contribution in [2.45, 2.75) is 20.3 Å². The predicted octanol–water partition coefficient (Wildman–Crippen LogP) is 2.92. The van der Waals surface area contributed by atoms with Crippen LogP contribution in [0.1, 0.15) is 17.6 Å². The number of rotatable bonds is 5. The molecule has 1 aromatic carbocycles. The van der Waals surface area contributed by atoms with Crippen molar-refractivity contribution in [2.75, 3.05) is 44.2 Å². The fourth-order valence-corrected chi connectivity index (χ4v) is 3.74. The van der Waals surface area contributed by atoms with Crippen LogP contribution in [0.2, 0.25) is 0 Å². The van der Waals surface area contributed by atoms with Gasteiger partial charge in [0.15, 0.2) is 5.96 Å². The van der Waals surface area contributed by atoms with Gasteiger partial charge in [0.05, 0.1) is 16.4 Å². The Labute approximate surface area is 158 Å². The molecule has 3 rings (SSSR count). The number of aromatic nitrogens is 1. The highest BCUT2D eigenvalue weighted by molar-refractivity contribution is 7.09. The fourth-order valence-electron chi connectivity index (χ4n) is 3.09. The average Bonchev–Trinajstić information content (AvgIpc) is 3.07. The van der Waals surface area contributed by atoms with Crippen molar-refractivity contribution in [3.05, 3.63) is 46.2 Å². The van der Waals surface area contributed by atoms with Crippen LogP contribution in [0.5, 0.6) is 0 Å². The molecule has 1 saturated heterocycles. The lowest BCUT2D eigenvalue weighted by Gasteiger charge is -2.37. The first-order valence-electron chi connectivity index (χ1n) is 9.11. The molecule has 0 saturated carbocycles. The smallest absolute Gasteiger partial charge is 0.194 e. The highest BCUT2D eigenvalue weighted by Gasteiger charge is 2.21. The number of nitrogens with zero attached hydrogens (tertiary/aromatic N) is 4. The zero-order chi connectivity index (χ0) is 18.4. The van der Waals surface area contributed by atoms with Gasteiger partial charge in [0, 0.05) is 51.1 Å². The molecule has 0 aliphatic carbocycles. The number of nitrogens with one attached hydrogen (secondary N) is 1. The van der Waals surface area contributed by atoms with Gasteiger partial charge in [-0.15, -0.1) is 11.3 Å². The van der Waals surface area contributed by atoms with Gasteiger partial charge in [-0.3, -0.25) is 4.99 Å². The molecule has 2 aromatic rings. The molecular weight excluding hydrogens is 349 g/mol. The summed E-state index contributed by atoms with van der Waals surface area (Å²) < 4.78 is 14.0. The van der Waals surface area contributed by atoms with Crippen molar-refractivity contribution in [1.29, 1.82) is 0 Å². The van der Waals surface area contributed by atoms with Gasteiger partial charge in [-0.2, -0.15) is 0 Å². The number of hydrogen-bond donors (Lipinski definition) is 1. The van der Waals surface area contributed by atoms with Crippen LogP contribution in [0, 0.1) is 12.7 Å². The monoisotopic (exact) mass is 375 g/mol. The number of anilines is 1. The molecule has 0 unspecified atom stereocenters. The minimum atomic E-state index is -0.153. The maximum atomic E-state index is 14.0. The molecule has 2 heterocycles. The summed E-state index contributed by atoms with van der Waals surface area (Å²) in [4.78, 5) is 13.6. The Morgan fingerprint density at radius 1 is 1.27 bits per heavy atom. The van der Waals surface area contributed by atoms with Crippen molar-refractivity contribution >= 4 is 23.0 Å². The van der Waals surface area contributed by atoms with Crippen LogP contribution >= 0.6 is 11.3 Å². The van der Waals surface area contributed by atoms with Crippen LogP contribution in [0.15, 0.2) is 34.6 Å². The lowest BCUT2D eigenvalue weighted by atomic mass is 10.2. The SMILES string of the molecule is CCNC(=NCCc1csc(C)n1)N1CCN(c2ccccc2F)CC1. The molecule has 26 heavy (non-hydrogen) atoms. The van der Waals surface area contributed by atoms with E-state index in [0.29, 0.717) is 5.69 Å². The standard InChI is InChI=1S/C19H26FN5S/c1-3-21-19(22-9-8-16-14-26-15(2)23-16)25-12-10-24(11-13-25)18-7-5-4-6-17(18)20/h4-7,14H,3,8-13H2,1-2H3,(H,21,22). The highest BCUT2D eigenvalue weighted by atomic mass is 32.1. The van der Waals surface area contributed by atoms with Gasteiger partial charge in [0.1, 0.15) is 5.82 Å². The second-order valence-corrected chi connectivity index (χ2v) is 7.33. The van der Waals surface area contributed by atoms with E-state index in [9.17, 15) is 4.39 Å². The Bertz CT molecular complexity index is 737. The normalized spacial score (nSPS) is 15.4. The Morgan fingerprint density at radius 2 is 2.04 bits per heavy atom. The Kier molecular flexibility index (Phi) is 6.44. The van der Waals surface area contributed by atoms with Gasteiger partial charge in [0.2, 0.25) is 0 Å². The second-order valence-electron chi connectivity index (χ2n) is 6.27. The van der Waals surface area contributed by atoms with E-state index in [2.05, 4.69) is 32.4 Å². The summed E-state index contributed by atoms with van der Waals surface area (Å²) in [6.07, 6.45) is 0.856. The molecule has 1 aliphatic rings. The van der Waals surface area contributed by atoms with E-state index in [0.717, 1.165) is 62.4 Å². The third-order valence-electron chi connectivity index (χ3n) is 4.40. The van der Waals surface area contributed by atoms with Gasteiger partial charge >= 0.3 is 0 Å². The van der Waals surface area contributed by atoms with Crippen LogP contribution in [-0.2, 0) is 6.42 Å². The van der Waals surface area contributed by atoms with Gasteiger partial charge < -0.3 is 15.1 Å². The zero-order valence-corrected chi connectivity index (χ0v) is 16.2. The topological polar surface area (TPSA) is 43.8 Å². The summed E-state index contributed by atoms with van der Waals surface area (Å²) in [5.74, 6) is 0.785.